The number of aliphatic carboxylic acids is 1. The zero-order valence-electron chi connectivity index (χ0n) is 15.8. The van der Waals surface area contributed by atoms with Gasteiger partial charge in [-0.25, -0.2) is 0 Å². The molecule has 2 aromatic rings. The third kappa shape index (κ3) is 4.66. The summed E-state index contributed by atoms with van der Waals surface area (Å²) in [6, 6.07) is 16.1. The summed E-state index contributed by atoms with van der Waals surface area (Å²) in [7, 11) is 0. The fourth-order valence-electron chi connectivity index (χ4n) is 3.97. The molecule has 2 aliphatic heterocycles. The molecule has 0 spiro atoms. The quantitative estimate of drug-likeness (QED) is 0.806. The number of carboxylic acids is 1. The molecule has 2 aliphatic rings. The molecule has 4 rings (SSSR count). The second-order valence-electron chi connectivity index (χ2n) is 7.29. The Labute approximate surface area is 171 Å². The fourth-order valence-corrected chi connectivity index (χ4v) is 3.97. The standard InChI is InChI=1S/C22H25NO4.ClH/c24-22(25)17-7-5-11-23(15-17)12-13-26-21-14-16-6-1-3-9-19(16)27-20-10-4-2-8-18(20)21;/h1-4,6,8-10,17,21H,5,7,11-15H2,(H,24,25);1H/t17-,21?;/m1./s1. The number of rotatable bonds is 5. The Kier molecular flexibility index (Phi) is 6.94. The Morgan fingerprint density at radius 1 is 1.14 bits per heavy atom. The molecule has 0 amide bonds. The zero-order valence-corrected chi connectivity index (χ0v) is 16.6. The minimum Gasteiger partial charge on any atom is -0.481 e. The molecule has 1 N–H and O–H groups in total. The summed E-state index contributed by atoms with van der Waals surface area (Å²) in [5, 5.41) is 9.25. The average molecular weight is 404 g/mol. The van der Waals surface area contributed by atoms with Gasteiger partial charge in [0.2, 0.25) is 0 Å². The van der Waals surface area contributed by atoms with Gasteiger partial charge in [0.15, 0.2) is 0 Å². The molecule has 0 aromatic heterocycles. The van der Waals surface area contributed by atoms with Crippen molar-refractivity contribution in [2.45, 2.75) is 25.4 Å². The molecule has 0 aliphatic carbocycles. The first-order valence-corrected chi connectivity index (χ1v) is 9.62. The monoisotopic (exact) mass is 403 g/mol. The van der Waals surface area contributed by atoms with E-state index < -0.39 is 5.97 Å². The van der Waals surface area contributed by atoms with E-state index in [1.807, 2.05) is 36.4 Å². The molecular formula is C22H26ClNO4. The molecule has 0 bridgehead atoms. The van der Waals surface area contributed by atoms with Crippen molar-refractivity contribution in [2.24, 2.45) is 5.92 Å². The van der Waals surface area contributed by atoms with Gasteiger partial charge in [-0.1, -0.05) is 36.4 Å². The normalized spacial score (nSPS) is 21.4. The van der Waals surface area contributed by atoms with Crippen LogP contribution in [0.15, 0.2) is 48.5 Å². The molecule has 2 atom stereocenters. The highest BCUT2D eigenvalue weighted by atomic mass is 35.5. The lowest BCUT2D eigenvalue weighted by Crippen LogP contribution is -2.40. The van der Waals surface area contributed by atoms with Crippen molar-refractivity contribution in [1.29, 1.82) is 0 Å². The van der Waals surface area contributed by atoms with E-state index in [9.17, 15) is 9.90 Å². The van der Waals surface area contributed by atoms with Gasteiger partial charge in [0.05, 0.1) is 18.6 Å². The van der Waals surface area contributed by atoms with Gasteiger partial charge in [-0.2, -0.15) is 0 Å². The Morgan fingerprint density at radius 3 is 2.71 bits per heavy atom. The number of carbonyl (C=O) groups is 1. The molecule has 2 aromatic carbocycles. The van der Waals surface area contributed by atoms with E-state index in [0.717, 1.165) is 55.0 Å². The van der Waals surface area contributed by atoms with Gasteiger partial charge in [0, 0.05) is 25.1 Å². The molecular weight excluding hydrogens is 378 g/mol. The topological polar surface area (TPSA) is 59.0 Å². The van der Waals surface area contributed by atoms with E-state index in [-0.39, 0.29) is 24.4 Å². The Bertz CT molecular complexity index is 813. The Hall–Kier alpha value is -2.08. The summed E-state index contributed by atoms with van der Waals surface area (Å²) in [4.78, 5) is 13.4. The molecule has 2 heterocycles. The van der Waals surface area contributed by atoms with Crippen LogP contribution in [-0.2, 0) is 16.0 Å². The SMILES string of the molecule is Cl.O=C(O)[C@@H]1CCCN(CCOC2Cc3ccccc3Oc3ccccc32)C1. The number of likely N-dealkylation sites (tertiary alicyclic amines) is 1. The molecule has 1 unspecified atom stereocenters. The number of carboxylic acid groups (broad SMARTS) is 1. The number of ether oxygens (including phenoxy) is 2. The highest BCUT2D eigenvalue weighted by Gasteiger charge is 2.26. The van der Waals surface area contributed by atoms with E-state index in [0.29, 0.717) is 13.2 Å². The van der Waals surface area contributed by atoms with Gasteiger partial charge in [-0.15, -0.1) is 12.4 Å². The van der Waals surface area contributed by atoms with Crippen LogP contribution in [0.25, 0.3) is 0 Å². The second kappa shape index (κ2) is 9.41. The molecule has 28 heavy (non-hydrogen) atoms. The van der Waals surface area contributed by atoms with Gasteiger partial charge < -0.3 is 19.5 Å². The van der Waals surface area contributed by atoms with E-state index in [1.54, 1.807) is 0 Å². The van der Waals surface area contributed by atoms with Crippen LogP contribution in [0.5, 0.6) is 11.5 Å². The van der Waals surface area contributed by atoms with Crippen molar-refractivity contribution >= 4 is 18.4 Å². The highest BCUT2D eigenvalue weighted by Crippen LogP contribution is 2.39. The zero-order chi connectivity index (χ0) is 18.6. The maximum atomic E-state index is 11.2. The molecule has 1 fully saturated rings. The number of fused-ring (bicyclic) bond motifs is 2. The van der Waals surface area contributed by atoms with Crippen LogP contribution in [0.1, 0.15) is 30.1 Å². The van der Waals surface area contributed by atoms with Crippen molar-refractivity contribution in [3.8, 4) is 11.5 Å². The van der Waals surface area contributed by atoms with Crippen molar-refractivity contribution in [2.75, 3.05) is 26.2 Å². The molecule has 6 heteroatoms. The van der Waals surface area contributed by atoms with Crippen LogP contribution in [0.3, 0.4) is 0 Å². The van der Waals surface area contributed by atoms with Crippen LogP contribution in [0.4, 0.5) is 0 Å². The van der Waals surface area contributed by atoms with Gasteiger partial charge in [0.25, 0.3) is 0 Å². The smallest absolute Gasteiger partial charge is 0.307 e. The first kappa shape index (κ1) is 20.6. The summed E-state index contributed by atoms with van der Waals surface area (Å²) in [5.74, 6) is 0.789. The van der Waals surface area contributed by atoms with Crippen LogP contribution in [0, 0.1) is 5.92 Å². The minimum atomic E-state index is -0.688. The number of para-hydroxylation sites is 2. The predicted molar refractivity (Wildman–Crippen MR) is 109 cm³/mol. The van der Waals surface area contributed by atoms with Gasteiger partial charge in [0.1, 0.15) is 11.5 Å². The van der Waals surface area contributed by atoms with Crippen molar-refractivity contribution in [3.05, 3.63) is 59.7 Å². The molecule has 150 valence electrons. The largest absolute Gasteiger partial charge is 0.481 e. The molecule has 0 saturated carbocycles. The number of nitrogens with zero attached hydrogens (tertiary/aromatic N) is 1. The fraction of sp³-hybridized carbons (Fsp3) is 0.409. The van der Waals surface area contributed by atoms with Crippen molar-refractivity contribution < 1.29 is 19.4 Å². The van der Waals surface area contributed by atoms with Gasteiger partial charge in [-0.05, 0) is 37.1 Å². The maximum absolute atomic E-state index is 11.2. The number of piperidine rings is 1. The van der Waals surface area contributed by atoms with E-state index in [2.05, 4.69) is 17.0 Å². The van der Waals surface area contributed by atoms with Gasteiger partial charge in [-0.3, -0.25) is 4.79 Å². The highest BCUT2D eigenvalue weighted by molar-refractivity contribution is 5.85. The summed E-state index contributed by atoms with van der Waals surface area (Å²) < 4.78 is 12.4. The maximum Gasteiger partial charge on any atom is 0.307 e. The van der Waals surface area contributed by atoms with Crippen molar-refractivity contribution in [3.63, 3.8) is 0 Å². The summed E-state index contributed by atoms with van der Waals surface area (Å²) >= 11 is 0. The Balaban J connectivity index is 0.00000225. The van der Waals surface area contributed by atoms with E-state index >= 15 is 0 Å². The second-order valence-corrected chi connectivity index (χ2v) is 7.29. The summed E-state index contributed by atoms with van der Waals surface area (Å²) in [6.45, 7) is 2.89. The number of benzene rings is 2. The molecule has 0 radical (unpaired) electrons. The van der Waals surface area contributed by atoms with E-state index in [4.69, 9.17) is 9.47 Å². The third-order valence-corrected chi connectivity index (χ3v) is 5.45. The Morgan fingerprint density at radius 2 is 1.89 bits per heavy atom. The van der Waals surface area contributed by atoms with Crippen LogP contribution in [0.2, 0.25) is 0 Å². The minimum absolute atomic E-state index is 0. The lowest BCUT2D eigenvalue weighted by Gasteiger charge is -2.31. The average Bonchev–Trinajstić information content (AvgIpc) is 2.85. The van der Waals surface area contributed by atoms with E-state index in [1.165, 1.54) is 0 Å². The summed E-state index contributed by atoms with van der Waals surface area (Å²) in [6.07, 6.45) is 2.41. The third-order valence-electron chi connectivity index (χ3n) is 5.45. The molecule has 1 saturated heterocycles. The first-order valence-electron chi connectivity index (χ1n) is 9.62. The number of hydrogen-bond donors (Lipinski definition) is 1. The predicted octanol–water partition coefficient (Wildman–Crippen LogP) is 4.31. The number of hydrogen-bond acceptors (Lipinski definition) is 4. The molecule has 5 nitrogen and oxygen atoms in total. The van der Waals surface area contributed by atoms with Crippen LogP contribution in [-0.4, -0.2) is 42.2 Å². The van der Waals surface area contributed by atoms with Gasteiger partial charge >= 0.3 is 5.97 Å². The first-order chi connectivity index (χ1) is 13.2. The number of halogens is 1. The summed E-state index contributed by atoms with van der Waals surface area (Å²) in [5.41, 5.74) is 2.21. The van der Waals surface area contributed by atoms with Crippen LogP contribution >= 0.6 is 12.4 Å². The lowest BCUT2D eigenvalue weighted by molar-refractivity contribution is -0.143. The lowest BCUT2D eigenvalue weighted by atomic mass is 9.98. The van der Waals surface area contributed by atoms with Crippen molar-refractivity contribution in [1.82, 2.24) is 4.90 Å². The van der Waals surface area contributed by atoms with Crippen LogP contribution < -0.4 is 4.74 Å².